The molecular weight excluding hydrogens is 192 g/mol. The van der Waals surface area contributed by atoms with E-state index in [1.54, 1.807) is 0 Å². The Balaban J connectivity index is 2.23. The first-order chi connectivity index (χ1) is 6.37. The number of alkyl halides is 2. The predicted octanol–water partition coefficient (Wildman–Crippen LogP) is 0.687. The maximum absolute atomic E-state index is 13.0. The summed E-state index contributed by atoms with van der Waals surface area (Å²) in [7, 11) is 0. The third-order valence-corrected chi connectivity index (χ3v) is 3.15. The molecule has 1 saturated heterocycles. The van der Waals surface area contributed by atoms with Gasteiger partial charge in [0.2, 0.25) is 5.91 Å². The summed E-state index contributed by atoms with van der Waals surface area (Å²) >= 11 is 0. The number of Topliss-reactive ketones (excluding diaryl/α,β-unsaturated/α-hetero) is 1. The molecule has 0 spiro atoms. The number of ketones is 1. The molecule has 14 heavy (non-hydrogen) atoms. The van der Waals surface area contributed by atoms with E-state index >= 15 is 0 Å². The Kier molecular flexibility index (Phi) is 1.72. The van der Waals surface area contributed by atoms with Crippen molar-refractivity contribution in [2.45, 2.75) is 25.8 Å². The van der Waals surface area contributed by atoms with Gasteiger partial charge in [-0.05, 0) is 6.92 Å². The van der Waals surface area contributed by atoms with Crippen LogP contribution in [0.3, 0.4) is 0 Å². The van der Waals surface area contributed by atoms with Gasteiger partial charge >= 0.3 is 0 Å². The quantitative estimate of drug-likeness (QED) is 0.628. The zero-order chi connectivity index (χ0) is 10.7. The minimum Gasteiger partial charge on any atom is -0.332 e. The fourth-order valence-electron chi connectivity index (χ4n) is 2.40. The smallest absolute Gasteiger partial charge is 0.258 e. The molecule has 2 rings (SSSR count). The van der Waals surface area contributed by atoms with E-state index in [-0.39, 0.29) is 18.2 Å². The Labute approximate surface area is 80.1 Å². The van der Waals surface area contributed by atoms with Gasteiger partial charge in [-0.3, -0.25) is 9.59 Å². The highest BCUT2D eigenvalue weighted by molar-refractivity contribution is 5.88. The Hall–Kier alpha value is -1.00. The second-order valence-corrected chi connectivity index (χ2v) is 4.03. The molecule has 3 nitrogen and oxygen atoms in total. The maximum atomic E-state index is 13.0. The lowest BCUT2D eigenvalue weighted by atomic mass is 10.1. The Morgan fingerprint density at radius 2 is 1.93 bits per heavy atom. The van der Waals surface area contributed by atoms with E-state index < -0.39 is 23.8 Å². The van der Waals surface area contributed by atoms with Crippen molar-refractivity contribution in [3.63, 3.8) is 0 Å². The molecule has 2 fully saturated rings. The molecule has 1 aliphatic carbocycles. The number of hydrogen-bond donors (Lipinski definition) is 0. The van der Waals surface area contributed by atoms with E-state index in [0.29, 0.717) is 0 Å². The fraction of sp³-hybridized carbons (Fsp3) is 0.778. The summed E-state index contributed by atoms with van der Waals surface area (Å²) in [6.07, 6.45) is 0. The van der Waals surface area contributed by atoms with Crippen LogP contribution in [-0.2, 0) is 9.59 Å². The van der Waals surface area contributed by atoms with Gasteiger partial charge in [0.1, 0.15) is 0 Å². The van der Waals surface area contributed by atoms with Crippen LogP contribution in [0.15, 0.2) is 0 Å². The summed E-state index contributed by atoms with van der Waals surface area (Å²) in [5.74, 6) is -5.09. The molecule has 2 aliphatic rings. The molecule has 1 aliphatic heterocycles. The molecule has 0 radical (unpaired) electrons. The molecule has 5 heteroatoms. The first-order valence-electron chi connectivity index (χ1n) is 4.53. The van der Waals surface area contributed by atoms with Crippen LogP contribution in [0.4, 0.5) is 8.78 Å². The Morgan fingerprint density at radius 1 is 1.36 bits per heavy atom. The van der Waals surface area contributed by atoms with Gasteiger partial charge in [-0.25, -0.2) is 8.78 Å². The number of likely N-dealkylation sites (tertiary alicyclic amines) is 1. The van der Waals surface area contributed by atoms with E-state index in [9.17, 15) is 18.4 Å². The van der Waals surface area contributed by atoms with Crippen LogP contribution in [-0.4, -0.2) is 35.1 Å². The van der Waals surface area contributed by atoms with E-state index in [1.807, 2.05) is 0 Å². The zero-order valence-electron chi connectivity index (χ0n) is 7.96. The van der Waals surface area contributed by atoms with Gasteiger partial charge < -0.3 is 4.90 Å². The number of halogens is 2. The van der Waals surface area contributed by atoms with Crippen molar-refractivity contribution in [1.82, 2.24) is 4.90 Å². The van der Waals surface area contributed by atoms with Crippen molar-refractivity contribution >= 4 is 11.7 Å². The molecule has 0 aromatic carbocycles. The van der Waals surface area contributed by atoms with E-state index in [2.05, 4.69) is 0 Å². The van der Waals surface area contributed by atoms with Gasteiger partial charge in [-0.2, -0.15) is 0 Å². The molecule has 0 aromatic rings. The zero-order valence-corrected chi connectivity index (χ0v) is 7.96. The minimum atomic E-state index is -2.73. The highest BCUT2D eigenvalue weighted by atomic mass is 19.3. The molecule has 78 valence electrons. The van der Waals surface area contributed by atoms with Gasteiger partial charge in [0.15, 0.2) is 5.78 Å². The maximum Gasteiger partial charge on any atom is 0.258 e. The second-order valence-electron chi connectivity index (χ2n) is 4.03. The topological polar surface area (TPSA) is 37.4 Å². The average molecular weight is 203 g/mol. The van der Waals surface area contributed by atoms with Gasteiger partial charge in [0, 0.05) is 13.5 Å². The first-order valence-corrected chi connectivity index (χ1v) is 4.53. The summed E-state index contributed by atoms with van der Waals surface area (Å²) < 4.78 is 26.0. The Morgan fingerprint density at radius 3 is 2.36 bits per heavy atom. The SMILES string of the molecule is CC(=O)[C@@H]1[C@@H]2[C@H](CN1C(C)=O)C2(F)F. The molecular formula is C9H11F2NO2. The predicted molar refractivity (Wildman–Crippen MR) is 43.8 cm³/mol. The van der Waals surface area contributed by atoms with Crippen LogP contribution in [0, 0.1) is 11.8 Å². The summed E-state index contributed by atoms with van der Waals surface area (Å²) in [6.45, 7) is 2.59. The van der Waals surface area contributed by atoms with Crippen molar-refractivity contribution in [2.24, 2.45) is 11.8 Å². The summed E-state index contributed by atoms with van der Waals surface area (Å²) in [4.78, 5) is 23.5. The van der Waals surface area contributed by atoms with Crippen molar-refractivity contribution in [3.05, 3.63) is 0 Å². The summed E-state index contributed by atoms with van der Waals surface area (Å²) in [6, 6.07) is -0.896. The van der Waals surface area contributed by atoms with E-state index in [4.69, 9.17) is 0 Å². The Bertz CT molecular complexity index is 316. The van der Waals surface area contributed by atoms with Gasteiger partial charge in [-0.15, -0.1) is 0 Å². The van der Waals surface area contributed by atoms with Crippen LogP contribution >= 0.6 is 0 Å². The molecule has 1 heterocycles. The summed E-state index contributed by atoms with van der Waals surface area (Å²) in [5.41, 5.74) is 0. The van der Waals surface area contributed by atoms with E-state index in [1.165, 1.54) is 18.7 Å². The highest BCUT2D eigenvalue weighted by Crippen LogP contribution is 2.62. The van der Waals surface area contributed by atoms with Crippen molar-refractivity contribution in [1.29, 1.82) is 0 Å². The number of rotatable bonds is 1. The monoisotopic (exact) mass is 203 g/mol. The van der Waals surface area contributed by atoms with E-state index in [0.717, 1.165) is 0 Å². The molecule has 1 saturated carbocycles. The number of amides is 1. The highest BCUT2D eigenvalue weighted by Gasteiger charge is 2.76. The fourth-order valence-corrected chi connectivity index (χ4v) is 2.40. The summed E-state index contributed by atoms with van der Waals surface area (Å²) in [5, 5.41) is 0. The third-order valence-electron chi connectivity index (χ3n) is 3.15. The molecule has 1 amide bonds. The lowest BCUT2D eigenvalue weighted by Gasteiger charge is -2.25. The number of carbonyl (C=O) groups excluding carboxylic acids is 2. The van der Waals surface area contributed by atoms with Crippen LogP contribution in [0.25, 0.3) is 0 Å². The van der Waals surface area contributed by atoms with Crippen molar-refractivity contribution < 1.29 is 18.4 Å². The average Bonchev–Trinajstić information content (AvgIpc) is 2.47. The van der Waals surface area contributed by atoms with Crippen LogP contribution in [0.2, 0.25) is 0 Å². The first kappa shape index (κ1) is 9.55. The van der Waals surface area contributed by atoms with Crippen LogP contribution in [0.5, 0.6) is 0 Å². The van der Waals surface area contributed by atoms with Crippen molar-refractivity contribution in [3.8, 4) is 0 Å². The number of piperidine rings is 1. The lowest BCUT2D eigenvalue weighted by Crippen LogP contribution is -2.44. The third kappa shape index (κ3) is 1.01. The standard InChI is InChI=1S/C9H11F2NO2/c1-4(13)8-7-6(9(7,10)11)3-12(8)5(2)14/h6-8H,3H2,1-2H3/t6-,7-,8+/m0/s1. The minimum absolute atomic E-state index is 0.0250. The number of hydrogen-bond acceptors (Lipinski definition) is 2. The number of carbonyl (C=O) groups is 2. The molecule has 0 N–H and O–H groups in total. The molecule has 0 aromatic heterocycles. The lowest BCUT2D eigenvalue weighted by molar-refractivity contribution is -0.138. The number of nitrogens with zero attached hydrogens (tertiary/aromatic N) is 1. The molecule has 0 unspecified atom stereocenters. The molecule has 3 atom stereocenters. The van der Waals surface area contributed by atoms with Gasteiger partial charge in [0.25, 0.3) is 5.92 Å². The van der Waals surface area contributed by atoms with Crippen LogP contribution < -0.4 is 0 Å². The van der Waals surface area contributed by atoms with Crippen molar-refractivity contribution in [2.75, 3.05) is 6.54 Å². The number of fused-ring (bicyclic) bond motifs is 1. The van der Waals surface area contributed by atoms with Gasteiger partial charge in [-0.1, -0.05) is 0 Å². The molecule has 0 bridgehead atoms. The van der Waals surface area contributed by atoms with Crippen LogP contribution in [0.1, 0.15) is 13.8 Å². The second kappa shape index (κ2) is 2.52. The van der Waals surface area contributed by atoms with Gasteiger partial charge in [0.05, 0.1) is 17.9 Å². The normalized spacial score (nSPS) is 38.0. The largest absolute Gasteiger partial charge is 0.332 e.